The molecule has 0 saturated heterocycles. The van der Waals surface area contributed by atoms with Crippen molar-refractivity contribution in [1.29, 1.82) is 0 Å². The number of halogens is 1. The van der Waals surface area contributed by atoms with Gasteiger partial charge in [0.25, 0.3) is 0 Å². The molecule has 2 aromatic rings. The zero-order valence-corrected chi connectivity index (χ0v) is 15.3. The van der Waals surface area contributed by atoms with Crippen LogP contribution < -0.4 is 10.1 Å². The van der Waals surface area contributed by atoms with Gasteiger partial charge in [-0.1, -0.05) is 29.8 Å². The first-order valence-electron chi connectivity index (χ1n) is 8.40. The Kier molecular flexibility index (Phi) is 5.51. The van der Waals surface area contributed by atoms with Gasteiger partial charge in [0.1, 0.15) is 6.61 Å². The first kappa shape index (κ1) is 17.6. The largest absolute Gasteiger partial charge is 0.504 e. The minimum Gasteiger partial charge on any atom is -0.504 e. The Morgan fingerprint density at radius 2 is 2.16 bits per heavy atom. The van der Waals surface area contributed by atoms with Crippen LogP contribution in [0.2, 0.25) is 5.02 Å². The molecular weight excluding hydrogens is 336 g/mol. The highest BCUT2D eigenvalue weighted by Gasteiger charge is 2.20. The van der Waals surface area contributed by atoms with Gasteiger partial charge in [0.05, 0.1) is 0 Å². The lowest BCUT2D eigenvalue weighted by Gasteiger charge is -2.21. The molecule has 0 aromatic heterocycles. The SMILES string of the molecule is C/C=C(\CN1CCOc2c(O)cc(-c3cccc(Cl)c3)cc2C1)NC. The summed E-state index contributed by atoms with van der Waals surface area (Å²) in [6, 6.07) is 11.5. The van der Waals surface area contributed by atoms with Crippen molar-refractivity contribution in [3.63, 3.8) is 0 Å². The Balaban J connectivity index is 1.93. The van der Waals surface area contributed by atoms with Crippen molar-refractivity contribution in [3.05, 3.63) is 58.8 Å². The van der Waals surface area contributed by atoms with Crippen LogP contribution in [0.1, 0.15) is 12.5 Å². The number of aromatic hydroxyl groups is 1. The zero-order valence-electron chi connectivity index (χ0n) is 14.6. The van der Waals surface area contributed by atoms with Crippen molar-refractivity contribution in [3.8, 4) is 22.6 Å². The zero-order chi connectivity index (χ0) is 17.8. The molecule has 0 atom stereocenters. The van der Waals surface area contributed by atoms with Crippen molar-refractivity contribution >= 4 is 11.6 Å². The molecule has 0 saturated carbocycles. The Labute approximate surface area is 153 Å². The van der Waals surface area contributed by atoms with E-state index in [0.29, 0.717) is 17.4 Å². The van der Waals surface area contributed by atoms with Crippen LogP contribution in [0.5, 0.6) is 11.5 Å². The lowest BCUT2D eigenvalue weighted by molar-refractivity contribution is 0.233. The first-order valence-corrected chi connectivity index (χ1v) is 8.78. The number of benzene rings is 2. The number of allylic oxidation sites excluding steroid dienone is 1. The number of hydrogen-bond acceptors (Lipinski definition) is 4. The summed E-state index contributed by atoms with van der Waals surface area (Å²) in [7, 11) is 1.93. The molecule has 0 spiro atoms. The molecule has 0 radical (unpaired) electrons. The third-order valence-electron chi connectivity index (χ3n) is 4.42. The predicted octanol–water partition coefficient (Wildman–Crippen LogP) is 4.03. The number of ether oxygens (including phenoxy) is 1. The molecule has 0 fully saturated rings. The molecule has 0 amide bonds. The van der Waals surface area contributed by atoms with E-state index in [1.165, 1.54) is 5.70 Å². The van der Waals surface area contributed by atoms with E-state index in [1.54, 1.807) is 6.07 Å². The van der Waals surface area contributed by atoms with Crippen molar-refractivity contribution < 1.29 is 9.84 Å². The maximum absolute atomic E-state index is 10.5. The van der Waals surface area contributed by atoms with E-state index in [4.69, 9.17) is 16.3 Å². The molecule has 5 heteroatoms. The smallest absolute Gasteiger partial charge is 0.165 e. The van der Waals surface area contributed by atoms with Crippen LogP contribution in [0.25, 0.3) is 11.1 Å². The van der Waals surface area contributed by atoms with Gasteiger partial charge in [-0.25, -0.2) is 0 Å². The summed E-state index contributed by atoms with van der Waals surface area (Å²) >= 11 is 6.11. The molecule has 3 rings (SSSR count). The summed E-state index contributed by atoms with van der Waals surface area (Å²) in [5.41, 5.74) is 4.06. The van der Waals surface area contributed by atoms with Gasteiger partial charge in [-0.3, -0.25) is 4.90 Å². The fourth-order valence-corrected chi connectivity index (χ4v) is 3.27. The van der Waals surface area contributed by atoms with Crippen molar-refractivity contribution in [2.24, 2.45) is 0 Å². The summed E-state index contributed by atoms with van der Waals surface area (Å²) < 4.78 is 5.82. The fourth-order valence-electron chi connectivity index (χ4n) is 3.08. The topological polar surface area (TPSA) is 44.7 Å². The molecule has 1 aliphatic heterocycles. The number of likely N-dealkylation sites (N-methyl/N-ethyl adjacent to an activating group) is 1. The summed E-state index contributed by atoms with van der Waals surface area (Å²) in [6.07, 6.45) is 2.08. The van der Waals surface area contributed by atoms with Crippen LogP contribution >= 0.6 is 11.6 Å². The van der Waals surface area contributed by atoms with E-state index in [-0.39, 0.29) is 5.75 Å². The minimum absolute atomic E-state index is 0.175. The van der Waals surface area contributed by atoms with Gasteiger partial charge in [0.15, 0.2) is 11.5 Å². The molecule has 1 aliphatic rings. The maximum atomic E-state index is 10.5. The maximum Gasteiger partial charge on any atom is 0.165 e. The number of hydrogen-bond donors (Lipinski definition) is 2. The van der Waals surface area contributed by atoms with Crippen LogP contribution in [-0.4, -0.2) is 36.8 Å². The third-order valence-corrected chi connectivity index (χ3v) is 4.65. The molecule has 2 aromatic carbocycles. The van der Waals surface area contributed by atoms with E-state index in [9.17, 15) is 5.11 Å². The normalized spacial score (nSPS) is 15.2. The molecule has 1 heterocycles. The number of nitrogens with zero attached hydrogens (tertiary/aromatic N) is 1. The van der Waals surface area contributed by atoms with Crippen LogP contribution in [0.15, 0.2) is 48.2 Å². The van der Waals surface area contributed by atoms with Gasteiger partial charge >= 0.3 is 0 Å². The van der Waals surface area contributed by atoms with Gasteiger partial charge in [0.2, 0.25) is 0 Å². The van der Waals surface area contributed by atoms with E-state index in [1.807, 2.05) is 38.2 Å². The quantitative estimate of drug-likeness (QED) is 0.866. The Bertz CT molecular complexity index is 789. The number of rotatable bonds is 4. The number of phenols is 1. The van der Waals surface area contributed by atoms with E-state index >= 15 is 0 Å². The third kappa shape index (κ3) is 4.09. The number of fused-ring (bicyclic) bond motifs is 1. The standard InChI is InChI=1S/C20H23ClN2O2/c1-3-18(22-2)13-23-7-8-25-20-16(12-23)9-15(11-19(20)24)14-5-4-6-17(21)10-14/h3-6,9-11,22,24H,7-8,12-13H2,1-2H3/b18-3+. The first-order chi connectivity index (χ1) is 12.1. The Morgan fingerprint density at radius 3 is 2.88 bits per heavy atom. The van der Waals surface area contributed by atoms with Crippen molar-refractivity contribution in [2.75, 3.05) is 26.7 Å². The monoisotopic (exact) mass is 358 g/mol. The second-order valence-corrected chi connectivity index (χ2v) is 6.55. The van der Waals surface area contributed by atoms with Crippen molar-refractivity contribution in [1.82, 2.24) is 10.2 Å². The predicted molar refractivity (Wildman–Crippen MR) is 102 cm³/mol. The summed E-state index contributed by atoms with van der Waals surface area (Å²) in [5, 5.41) is 14.3. The van der Waals surface area contributed by atoms with Gasteiger partial charge < -0.3 is 15.2 Å². The van der Waals surface area contributed by atoms with Crippen LogP contribution in [0.3, 0.4) is 0 Å². The lowest BCUT2D eigenvalue weighted by Crippen LogP contribution is -2.30. The second-order valence-electron chi connectivity index (χ2n) is 6.12. The van der Waals surface area contributed by atoms with Gasteiger partial charge in [-0.15, -0.1) is 0 Å². The van der Waals surface area contributed by atoms with Gasteiger partial charge in [0, 0.05) is 43.0 Å². The fraction of sp³-hybridized carbons (Fsp3) is 0.300. The lowest BCUT2D eigenvalue weighted by atomic mass is 10.0. The molecule has 0 bridgehead atoms. The van der Waals surface area contributed by atoms with Crippen LogP contribution in [-0.2, 0) is 6.54 Å². The molecular formula is C20H23ClN2O2. The summed E-state index contributed by atoms with van der Waals surface area (Å²) in [6.45, 7) is 4.92. The Hall–Kier alpha value is -2.17. The van der Waals surface area contributed by atoms with Crippen LogP contribution in [0.4, 0.5) is 0 Å². The average Bonchev–Trinajstić information content (AvgIpc) is 2.81. The second kappa shape index (κ2) is 7.81. The van der Waals surface area contributed by atoms with Crippen LogP contribution in [0, 0.1) is 0 Å². The molecule has 2 N–H and O–H groups in total. The molecule has 0 aliphatic carbocycles. The van der Waals surface area contributed by atoms with E-state index in [0.717, 1.165) is 36.3 Å². The van der Waals surface area contributed by atoms with E-state index in [2.05, 4.69) is 22.4 Å². The van der Waals surface area contributed by atoms with Gasteiger partial charge in [-0.05, 0) is 42.3 Å². The number of nitrogens with one attached hydrogen (secondary N) is 1. The highest BCUT2D eigenvalue weighted by atomic mass is 35.5. The molecule has 0 unspecified atom stereocenters. The summed E-state index contributed by atoms with van der Waals surface area (Å²) in [4.78, 5) is 2.30. The minimum atomic E-state index is 0.175. The molecule has 25 heavy (non-hydrogen) atoms. The highest BCUT2D eigenvalue weighted by Crippen LogP contribution is 2.38. The summed E-state index contributed by atoms with van der Waals surface area (Å²) in [5.74, 6) is 0.758. The van der Waals surface area contributed by atoms with Gasteiger partial charge in [-0.2, -0.15) is 0 Å². The van der Waals surface area contributed by atoms with Crippen molar-refractivity contribution in [2.45, 2.75) is 13.5 Å². The average molecular weight is 359 g/mol. The Morgan fingerprint density at radius 1 is 1.32 bits per heavy atom. The highest BCUT2D eigenvalue weighted by molar-refractivity contribution is 6.30. The number of phenolic OH excluding ortho intramolecular Hbond substituents is 1. The molecule has 4 nitrogen and oxygen atoms in total. The van der Waals surface area contributed by atoms with E-state index < -0.39 is 0 Å². The molecule has 132 valence electrons.